The number of urea groups is 1. The normalized spacial score (nSPS) is 21.1. The van der Waals surface area contributed by atoms with Gasteiger partial charge in [-0.05, 0) is 44.2 Å². The van der Waals surface area contributed by atoms with Gasteiger partial charge < -0.3 is 30.2 Å². The van der Waals surface area contributed by atoms with E-state index in [1.165, 1.54) is 6.26 Å². The maximum atomic E-state index is 12.1. The highest BCUT2D eigenvalue weighted by Crippen LogP contribution is 2.33. The third kappa shape index (κ3) is 6.55. The molecule has 2 fully saturated rings. The van der Waals surface area contributed by atoms with Crippen LogP contribution in [0.4, 0.5) is 4.79 Å². The second kappa shape index (κ2) is 12.0. The van der Waals surface area contributed by atoms with E-state index in [0.29, 0.717) is 36.3 Å². The van der Waals surface area contributed by atoms with Crippen LogP contribution in [0.1, 0.15) is 55.4 Å². The van der Waals surface area contributed by atoms with Crippen molar-refractivity contribution in [2.75, 3.05) is 18.8 Å². The van der Waals surface area contributed by atoms with Crippen molar-refractivity contribution in [1.82, 2.24) is 26.4 Å². The molecule has 2 aliphatic rings. The second-order valence-electron chi connectivity index (χ2n) is 8.59. The summed E-state index contributed by atoms with van der Waals surface area (Å²) in [7, 11) is 0. The average Bonchev–Trinajstić information content (AvgIpc) is 3.61. The molecule has 2 aromatic heterocycles. The Morgan fingerprint density at radius 3 is 2.76 bits per heavy atom. The van der Waals surface area contributed by atoms with Crippen molar-refractivity contribution in [3.05, 3.63) is 30.2 Å². The van der Waals surface area contributed by atoms with Crippen molar-refractivity contribution in [2.45, 2.75) is 62.3 Å². The van der Waals surface area contributed by atoms with Gasteiger partial charge in [0.25, 0.3) is 5.91 Å². The molecule has 2 aromatic rings. The van der Waals surface area contributed by atoms with Crippen LogP contribution >= 0.6 is 11.8 Å². The lowest BCUT2D eigenvalue weighted by molar-refractivity contribution is -0.121. The maximum Gasteiger partial charge on any atom is 0.315 e. The van der Waals surface area contributed by atoms with Crippen molar-refractivity contribution in [3.63, 3.8) is 0 Å². The van der Waals surface area contributed by atoms with E-state index in [4.69, 9.17) is 8.94 Å². The van der Waals surface area contributed by atoms with Gasteiger partial charge in [0, 0.05) is 36.6 Å². The molecule has 3 atom stereocenters. The molecule has 11 heteroatoms. The summed E-state index contributed by atoms with van der Waals surface area (Å²) in [5.74, 6) is 1.70. The summed E-state index contributed by atoms with van der Waals surface area (Å²) in [5, 5.41) is 16.0. The summed E-state index contributed by atoms with van der Waals surface area (Å²) in [4.78, 5) is 35.6. The number of amides is 4. The summed E-state index contributed by atoms with van der Waals surface area (Å²) < 4.78 is 10.3. The van der Waals surface area contributed by atoms with Gasteiger partial charge in [-0.25, -0.2) is 4.79 Å². The number of aromatic nitrogens is 1. The lowest BCUT2D eigenvalue weighted by atomic mass is 10.0. The van der Waals surface area contributed by atoms with Crippen LogP contribution in [-0.4, -0.2) is 59.2 Å². The maximum absolute atomic E-state index is 12.1. The Morgan fingerprint density at radius 1 is 1.09 bits per heavy atom. The number of nitrogens with zero attached hydrogens (tertiary/aromatic N) is 1. The van der Waals surface area contributed by atoms with E-state index in [2.05, 4.69) is 26.4 Å². The van der Waals surface area contributed by atoms with Crippen molar-refractivity contribution in [2.24, 2.45) is 0 Å². The predicted molar refractivity (Wildman–Crippen MR) is 127 cm³/mol. The smallest absolute Gasteiger partial charge is 0.315 e. The molecule has 0 saturated carbocycles. The predicted octanol–water partition coefficient (Wildman–Crippen LogP) is 2.68. The van der Waals surface area contributed by atoms with Gasteiger partial charge in [-0.1, -0.05) is 11.6 Å². The Bertz CT molecular complexity index is 963. The van der Waals surface area contributed by atoms with Gasteiger partial charge in [0.1, 0.15) is 0 Å². The first-order chi connectivity index (χ1) is 16.6. The Balaban J connectivity index is 0.984. The van der Waals surface area contributed by atoms with E-state index in [0.717, 1.165) is 44.3 Å². The Kier molecular flexibility index (Phi) is 8.51. The summed E-state index contributed by atoms with van der Waals surface area (Å²) >= 11 is 1.90. The molecule has 0 spiro atoms. The van der Waals surface area contributed by atoms with Crippen LogP contribution in [0.15, 0.2) is 33.4 Å². The van der Waals surface area contributed by atoms with E-state index in [9.17, 15) is 14.4 Å². The highest BCUT2D eigenvalue weighted by atomic mass is 32.2. The van der Waals surface area contributed by atoms with Gasteiger partial charge >= 0.3 is 6.03 Å². The van der Waals surface area contributed by atoms with Crippen molar-refractivity contribution in [3.8, 4) is 11.5 Å². The van der Waals surface area contributed by atoms with Crippen LogP contribution < -0.4 is 21.3 Å². The number of rotatable bonds is 13. The minimum atomic E-state index is -0.284. The van der Waals surface area contributed by atoms with E-state index >= 15 is 0 Å². The first kappa shape index (κ1) is 24.2. The van der Waals surface area contributed by atoms with Crippen molar-refractivity contribution < 1.29 is 23.3 Å². The van der Waals surface area contributed by atoms with Crippen LogP contribution in [0, 0.1) is 0 Å². The standard InChI is InChI=1S/C23H31N5O5S/c29-20(9-3-2-8-19-21-16(14-34-19)26-23(31)27-21)24-10-4-1-5-11-25-22(30)15-13-18(33-28-15)17-7-6-12-32-17/h6-7,12-13,16,19,21H,1-5,8-11,14H2,(H,24,29)(H,25,30)(H2,26,27,31). The molecular formula is C23H31N5O5S. The van der Waals surface area contributed by atoms with Gasteiger partial charge in [0.15, 0.2) is 11.5 Å². The molecule has 4 heterocycles. The monoisotopic (exact) mass is 489 g/mol. The van der Waals surface area contributed by atoms with Crippen LogP contribution in [0.25, 0.3) is 11.5 Å². The third-order valence-electron chi connectivity index (χ3n) is 6.05. The molecule has 0 aromatic carbocycles. The SMILES string of the molecule is O=C(CCCCC1SCC2NC(=O)NC21)NCCCCCNC(=O)c1cc(-c2ccco2)on1. The highest BCUT2D eigenvalue weighted by molar-refractivity contribution is 8.00. The molecule has 4 amide bonds. The van der Waals surface area contributed by atoms with Crippen LogP contribution in [-0.2, 0) is 4.79 Å². The number of furan rings is 1. The summed E-state index contributed by atoms with van der Waals surface area (Å²) in [5.41, 5.74) is 0.217. The zero-order valence-electron chi connectivity index (χ0n) is 19.0. The van der Waals surface area contributed by atoms with Crippen LogP contribution in [0.3, 0.4) is 0 Å². The zero-order chi connectivity index (χ0) is 23.8. The van der Waals surface area contributed by atoms with Gasteiger partial charge in [0.05, 0.1) is 18.3 Å². The van der Waals surface area contributed by atoms with Gasteiger partial charge in [-0.2, -0.15) is 11.8 Å². The number of hydrogen-bond acceptors (Lipinski definition) is 7. The van der Waals surface area contributed by atoms with E-state index < -0.39 is 0 Å². The number of carbonyl (C=O) groups is 3. The number of unbranched alkanes of at least 4 members (excludes halogenated alkanes) is 3. The number of nitrogens with one attached hydrogen (secondary N) is 4. The van der Waals surface area contributed by atoms with Gasteiger partial charge in [0.2, 0.25) is 11.7 Å². The molecule has 4 N–H and O–H groups in total. The number of thioether (sulfide) groups is 1. The molecule has 2 aliphatic heterocycles. The van der Waals surface area contributed by atoms with E-state index in [1.54, 1.807) is 18.2 Å². The Hall–Kier alpha value is -2.95. The van der Waals surface area contributed by atoms with Crippen LogP contribution in [0.5, 0.6) is 0 Å². The van der Waals surface area contributed by atoms with Crippen molar-refractivity contribution >= 4 is 29.6 Å². The summed E-state index contributed by atoms with van der Waals surface area (Å²) in [6.07, 6.45) is 7.50. The minimum absolute atomic E-state index is 0.0586. The summed E-state index contributed by atoms with van der Waals surface area (Å²) in [6, 6.07) is 5.45. The fraction of sp³-hybridized carbons (Fsp3) is 0.565. The molecule has 2 saturated heterocycles. The molecule has 0 aliphatic carbocycles. The quantitative estimate of drug-likeness (QED) is 0.251. The van der Waals surface area contributed by atoms with E-state index in [1.807, 2.05) is 11.8 Å². The fourth-order valence-electron chi connectivity index (χ4n) is 4.23. The highest BCUT2D eigenvalue weighted by Gasteiger charge is 2.42. The zero-order valence-corrected chi connectivity index (χ0v) is 19.8. The van der Waals surface area contributed by atoms with Gasteiger partial charge in [-0.3, -0.25) is 9.59 Å². The van der Waals surface area contributed by atoms with Crippen LogP contribution in [0.2, 0.25) is 0 Å². The molecule has 4 rings (SSSR count). The van der Waals surface area contributed by atoms with E-state index in [-0.39, 0.29) is 35.6 Å². The first-order valence-corrected chi connectivity index (χ1v) is 12.9. The van der Waals surface area contributed by atoms with Gasteiger partial charge in [-0.15, -0.1) is 0 Å². The van der Waals surface area contributed by atoms with Crippen molar-refractivity contribution in [1.29, 1.82) is 0 Å². The average molecular weight is 490 g/mol. The number of hydrogen-bond donors (Lipinski definition) is 4. The summed E-state index contributed by atoms with van der Waals surface area (Å²) in [6.45, 7) is 1.18. The molecule has 10 nitrogen and oxygen atoms in total. The largest absolute Gasteiger partial charge is 0.461 e. The second-order valence-corrected chi connectivity index (χ2v) is 9.86. The molecule has 3 unspecified atom stereocenters. The third-order valence-corrected chi connectivity index (χ3v) is 7.56. The number of carbonyl (C=O) groups excluding carboxylic acids is 3. The lowest BCUT2D eigenvalue weighted by Crippen LogP contribution is -2.36. The lowest BCUT2D eigenvalue weighted by Gasteiger charge is -2.16. The number of fused-ring (bicyclic) bond motifs is 1. The topological polar surface area (TPSA) is 138 Å². The molecule has 0 radical (unpaired) electrons. The Labute approximate surface area is 202 Å². The Morgan fingerprint density at radius 2 is 1.94 bits per heavy atom. The molecule has 0 bridgehead atoms. The molecular weight excluding hydrogens is 458 g/mol. The molecule has 184 valence electrons. The fourth-order valence-corrected chi connectivity index (χ4v) is 5.77. The minimum Gasteiger partial charge on any atom is -0.461 e. The first-order valence-electron chi connectivity index (χ1n) is 11.8. The molecule has 34 heavy (non-hydrogen) atoms.